The highest BCUT2D eigenvalue weighted by Crippen LogP contribution is 2.46. The predicted octanol–water partition coefficient (Wildman–Crippen LogP) is 4.35. The third-order valence-corrected chi connectivity index (χ3v) is 4.90. The average Bonchev–Trinajstić information content (AvgIpc) is 2.26. The largest absolute Gasteiger partial charge is 0.358 e. The molecule has 1 aliphatic heterocycles. The van der Waals surface area contributed by atoms with Gasteiger partial charge in [-0.3, -0.25) is 4.99 Å². The van der Waals surface area contributed by atoms with Gasteiger partial charge in [0.25, 0.3) is 0 Å². The van der Waals surface area contributed by atoms with Gasteiger partial charge < -0.3 is 4.90 Å². The third-order valence-electron chi connectivity index (χ3n) is 4.90. The van der Waals surface area contributed by atoms with Gasteiger partial charge in [0, 0.05) is 24.5 Å². The third kappa shape index (κ3) is 3.32. The lowest BCUT2D eigenvalue weighted by molar-refractivity contribution is 0.105. The van der Waals surface area contributed by atoms with Crippen LogP contribution >= 0.6 is 0 Å². The minimum Gasteiger partial charge on any atom is -0.358 e. The summed E-state index contributed by atoms with van der Waals surface area (Å²) in [5.74, 6) is 3.03. The summed E-state index contributed by atoms with van der Waals surface area (Å²) < 4.78 is 0. The molecule has 2 fully saturated rings. The molecule has 0 N–H and O–H groups in total. The smallest absolute Gasteiger partial charge is 0.103 e. The van der Waals surface area contributed by atoms with Gasteiger partial charge in [-0.2, -0.15) is 0 Å². The van der Waals surface area contributed by atoms with Crippen LogP contribution in [0.15, 0.2) is 4.99 Å². The SMILES string of the molecule is CC(C)/N=C1\C2CCC(C)(C)CC2CCN1C(C)C. The fourth-order valence-corrected chi connectivity index (χ4v) is 3.97. The number of nitrogens with zero attached hydrogens (tertiary/aromatic N) is 2. The molecule has 2 heteroatoms. The number of hydrogen-bond acceptors (Lipinski definition) is 1. The Balaban J connectivity index is 2.23. The lowest BCUT2D eigenvalue weighted by Crippen LogP contribution is -2.51. The molecule has 0 radical (unpaired) electrons. The molecule has 1 saturated heterocycles. The fourth-order valence-electron chi connectivity index (χ4n) is 3.97. The highest BCUT2D eigenvalue weighted by atomic mass is 15.2. The molecule has 0 amide bonds. The van der Waals surface area contributed by atoms with E-state index in [0.717, 1.165) is 11.8 Å². The lowest BCUT2D eigenvalue weighted by atomic mass is 9.64. The van der Waals surface area contributed by atoms with Crippen LogP contribution in [0.3, 0.4) is 0 Å². The van der Waals surface area contributed by atoms with Gasteiger partial charge in [0.15, 0.2) is 0 Å². The van der Waals surface area contributed by atoms with Crippen molar-refractivity contribution in [2.75, 3.05) is 6.54 Å². The van der Waals surface area contributed by atoms with E-state index < -0.39 is 0 Å². The van der Waals surface area contributed by atoms with Gasteiger partial charge in [-0.05, 0) is 64.7 Å². The van der Waals surface area contributed by atoms with Gasteiger partial charge in [-0.15, -0.1) is 0 Å². The molecule has 110 valence electrons. The number of hydrogen-bond donors (Lipinski definition) is 0. The van der Waals surface area contributed by atoms with Crippen molar-refractivity contribution in [3.63, 3.8) is 0 Å². The number of rotatable bonds is 2. The minimum atomic E-state index is 0.421. The highest BCUT2D eigenvalue weighted by Gasteiger charge is 2.42. The molecule has 0 aromatic carbocycles. The van der Waals surface area contributed by atoms with Crippen molar-refractivity contribution in [2.45, 2.75) is 79.3 Å². The molecular weight excluding hydrogens is 232 g/mol. The molecule has 1 heterocycles. The molecule has 1 aliphatic carbocycles. The first kappa shape index (κ1) is 14.9. The van der Waals surface area contributed by atoms with Crippen LogP contribution in [0.1, 0.15) is 67.2 Å². The van der Waals surface area contributed by atoms with E-state index in [1.807, 2.05) is 0 Å². The van der Waals surface area contributed by atoms with E-state index in [1.165, 1.54) is 38.1 Å². The Bertz CT molecular complexity index is 341. The van der Waals surface area contributed by atoms with Gasteiger partial charge in [-0.25, -0.2) is 0 Å². The first-order chi connectivity index (χ1) is 8.80. The highest BCUT2D eigenvalue weighted by molar-refractivity contribution is 5.86. The zero-order valence-corrected chi connectivity index (χ0v) is 13.7. The Morgan fingerprint density at radius 2 is 1.84 bits per heavy atom. The lowest BCUT2D eigenvalue weighted by Gasteiger charge is -2.49. The number of amidine groups is 1. The standard InChI is InChI=1S/C17H32N2/c1-12(2)18-16-15-7-9-17(5,6)11-14(15)8-10-19(16)13(3)4/h12-15H,7-11H2,1-6H3/b18-16+. The molecule has 2 atom stereocenters. The first-order valence-corrected chi connectivity index (χ1v) is 8.14. The van der Waals surface area contributed by atoms with Crippen LogP contribution in [0.5, 0.6) is 0 Å². The normalized spacial score (nSPS) is 33.1. The van der Waals surface area contributed by atoms with E-state index in [-0.39, 0.29) is 0 Å². The molecule has 0 aromatic rings. The number of piperidine rings is 1. The quantitative estimate of drug-likeness (QED) is 0.724. The van der Waals surface area contributed by atoms with Crippen molar-refractivity contribution in [2.24, 2.45) is 22.2 Å². The van der Waals surface area contributed by atoms with Crippen LogP contribution in [-0.4, -0.2) is 29.4 Å². The second-order valence-corrected chi connectivity index (χ2v) is 7.93. The second-order valence-electron chi connectivity index (χ2n) is 7.93. The van der Waals surface area contributed by atoms with Crippen molar-refractivity contribution in [1.29, 1.82) is 0 Å². The summed E-state index contributed by atoms with van der Waals surface area (Å²) in [7, 11) is 0. The van der Waals surface area contributed by atoms with Crippen molar-refractivity contribution in [3.8, 4) is 0 Å². The van der Waals surface area contributed by atoms with E-state index >= 15 is 0 Å². The topological polar surface area (TPSA) is 15.6 Å². The maximum atomic E-state index is 5.01. The van der Waals surface area contributed by atoms with E-state index in [9.17, 15) is 0 Å². The van der Waals surface area contributed by atoms with Crippen molar-refractivity contribution in [1.82, 2.24) is 4.90 Å². The summed E-state index contributed by atoms with van der Waals surface area (Å²) in [5, 5.41) is 0. The molecule has 2 rings (SSSR count). The van der Waals surface area contributed by atoms with Crippen molar-refractivity contribution in [3.05, 3.63) is 0 Å². The summed E-state index contributed by atoms with van der Waals surface area (Å²) in [5.41, 5.74) is 0.546. The molecule has 2 unspecified atom stereocenters. The van der Waals surface area contributed by atoms with E-state index in [0.29, 0.717) is 17.5 Å². The molecule has 0 bridgehead atoms. The van der Waals surface area contributed by atoms with Crippen LogP contribution in [-0.2, 0) is 0 Å². The second kappa shape index (κ2) is 5.46. The number of fused-ring (bicyclic) bond motifs is 1. The summed E-state index contributed by atoms with van der Waals surface area (Å²) in [6, 6.07) is 1.01. The molecule has 0 aromatic heterocycles. The summed E-state index contributed by atoms with van der Waals surface area (Å²) in [4.78, 5) is 7.58. The molecular formula is C17H32N2. The minimum absolute atomic E-state index is 0.421. The Hall–Kier alpha value is -0.530. The maximum Gasteiger partial charge on any atom is 0.103 e. The van der Waals surface area contributed by atoms with Crippen molar-refractivity contribution >= 4 is 5.84 Å². The Morgan fingerprint density at radius 1 is 1.16 bits per heavy atom. The summed E-state index contributed by atoms with van der Waals surface area (Å²) in [6.45, 7) is 15.1. The van der Waals surface area contributed by atoms with Gasteiger partial charge >= 0.3 is 0 Å². The van der Waals surface area contributed by atoms with E-state index in [2.05, 4.69) is 46.4 Å². The Labute approximate surface area is 119 Å². The maximum absolute atomic E-state index is 5.01. The molecule has 0 spiro atoms. The van der Waals surface area contributed by atoms with Gasteiger partial charge in [0.1, 0.15) is 5.84 Å². The molecule has 2 aliphatic rings. The Kier molecular flexibility index (Phi) is 4.27. The van der Waals surface area contributed by atoms with Crippen LogP contribution in [0.4, 0.5) is 0 Å². The monoisotopic (exact) mass is 264 g/mol. The zero-order chi connectivity index (χ0) is 14.2. The predicted molar refractivity (Wildman–Crippen MR) is 83.6 cm³/mol. The van der Waals surface area contributed by atoms with E-state index in [4.69, 9.17) is 4.99 Å². The van der Waals surface area contributed by atoms with Crippen LogP contribution in [0.25, 0.3) is 0 Å². The van der Waals surface area contributed by atoms with E-state index in [1.54, 1.807) is 0 Å². The molecule has 19 heavy (non-hydrogen) atoms. The van der Waals surface area contributed by atoms with Gasteiger partial charge in [-0.1, -0.05) is 13.8 Å². The van der Waals surface area contributed by atoms with Gasteiger partial charge in [0.05, 0.1) is 0 Å². The number of likely N-dealkylation sites (tertiary alicyclic amines) is 1. The van der Waals surface area contributed by atoms with Crippen LogP contribution in [0.2, 0.25) is 0 Å². The average molecular weight is 264 g/mol. The van der Waals surface area contributed by atoms with Crippen molar-refractivity contribution < 1.29 is 0 Å². The summed E-state index contributed by atoms with van der Waals surface area (Å²) in [6.07, 6.45) is 5.45. The van der Waals surface area contributed by atoms with Crippen LogP contribution < -0.4 is 0 Å². The molecule has 2 nitrogen and oxygen atoms in total. The Morgan fingerprint density at radius 3 is 2.42 bits per heavy atom. The van der Waals surface area contributed by atoms with Crippen LogP contribution in [0, 0.1) is 17.3 Å². The fraction of sp³-hybridized carbons (Fsp3) is 0.941. The number of aliphatic imine (C=N–C) groups is 1. The first-order valence-electron chi connectivity index (χ1n) is 8.14. The zero-order valence-electron chi connectivity index (χ0n) is 13.7. The molecule has 1 saturated carbocycles. The summed E-state index contributed by atoms with van der Waals surface area (Å²) >= 11 is 0. The van der Waals surface area contributed by atoms with Gasteiger partial charge in [0.2, 0.25) is 0 Å².